The molecule has 6 heteroatoms. The van der Waals surface area contributed by atoms with E-state index in [0.717, 1.165) is 22.6 Å². The molecule has 0 aliphatic rings. The Balaban J connectivity index is 2.01. The number of anilines is 1. The first kappa shape index (κ1) is 13.6. The van der Waals surface area contributed by atoms with Gasteiger partial charge in [-0.3, -0.25) is 5.43 Å². The Morgan fingerprint density at radius 2 is 1.84 bits per heavy atom. The highest BCUT2D eigenvalue weighted by Gasteiger charge is 2.29. The van der Waals surface area contributed by atoms with Gasteiger partial charge in [0, 0.05) is 4.88 Å². The van der Waals surface area contributed by atoms with Gasteiger partial charge in [0.05, 0.1) is 17.5 Å². The van der Waals surface area contributed by atoms with Crippen molar-refractivity contribution >= 4 is 23.2 Å². The van der Waals surface area contributed by atoms with Crippen molar-refractivity contribution < 1.29 is 13.2 Å². The third-order valence-corrected chi connectivity index (χ3v) is 3.44. The van der Waals surface area contributed by atoms with E-state index in [4.69, 9.17) is 0 Å². The molecule has 0 saturated carbocycles. The predicted octanol–water partition coefficient (Wildman–Crippen LogP) is 4.52. The summed E-state index contributed by atoms with van der Waals surface area (Å²) in [4.78, 5) is 1.01. The number of rotatable bonds is 3. The second kappa shape index (κ2) is 5.44. The molecule has 1 heterocycles. The molecular weight excluding hydrogens is 273 g/mol. The van der Waals surface area contributed by atoms with E-state index in [0.29, 0.717) is 5.69 Å². The minimum atomic E-state index is -4.31. The molecule has 1 aromatic heterocycles. The van der Waals surface area contributed by atoms with Gasteiger partial charge >= 0.3 is 6.18 Å². The number of nitrogens with one attached hydrogen (secondary N) is 1. The van der Waals surface area contributed by atoms with Crippen LogP contribution in [0.15, 0.2) is 40.8 Å². The number of alkyl halides is 3. The molecule has 0 spiro atoms. The Kier molecular flexibility index (Phi) is 3.90. The zero-order valence-corrected chi connectivity index (χ0v) is 10.8. The van der Waals surface area contributed by atoms with Crippen molar-refractivity contribution in [2.75, 3.05) is 5.43 Å². The van der Waals surface area contributed by atoms with Gasteiger partial charge in [-0.15, -0.1) is 11.3 Å². The summed E-state index contributed by atoms with van der Waals surface area (Å²) in [5.74, 6) is 0. The minimum Gasteiger partial charge on any atom is -0.278 e. The number of thiophene rings is 1. The molecule has 1 N–H and O–H groups in total. The van der Waals surface area contributed by atoms with Gasteiger partial charge in [-0.25, -0.2) is 0 Å². The van der Waals surface area contributed by atoms with Crippen molar-refractivity contribution in [1.82, 2.24) is 0 Å². The summed E-state index contributed by atoms with van der Waals surface area (Å²) >= 11 is 1.55. The molecule has 0 saturated heterocycles. The van der Waals surface area contributed by atoms with E-state index < -0.39 is 11.7 Å². The van der Waals surface area contributed by atoms with E-state index in [9.17, 15) is 13.2 Å². The van der Waals surface area contributed by atoms with Crippen LogP contribution in [0.2, 0.25) is 0 Å². The topological polar surface area (TPSA) is 24.4 Å². The molecule has 19 heavy (non-hydrogen) atoms. The van der Waals surface area contributed by atoms with Gasteiger partial charge in [0.1, 0.15) is 0 Å². The fourth-order valence-corrected chi connectivity index (χ4v) is 2.20. The molecule has 1 aromatic carbocycles. The predicted molar refractivity (Wildman–Crippen MR) is 71.7 cm³/mol. The third-order valence-electron chi connectivity index (χ3n) is 2.49. The smallest absolute Gasteiger partial charge is 0.278 e. The second-order valence-electron chi connectivity index (χ2n) is 3.91. The van der Waals surface area contributed by atoms with Crippen LogP contribution < -0.4 is 5.43 Å². The van der Waals surface area contributed by atoms with Crippen LogP contribution >= 0.6 is 11.3 Å². The quantitative estimate of drug-likeness (QED) is 0.650. The van der Waals surface area contributed by atoms with E-state index in [1.165, 1.54) is 12.1 Å². The molecule has 0 atom stereocenters. The fraction of sp³-hybridized carbons (Fsp3) is 0.154. The van der Waals surface area contributed by atoms with Crippen LogP contribution in [0.5, 0.6) is 0 Å². The first-order chi connectivity index (χ1) is 8.97. The van der Waals surface area contributed by atoms with Gasteiger partial charge in [-0.1, -0.05) is 0 Å². The lowest BCUT2D eigenvalue weighted by molar-refractivity contribution is -0.137. The highest BCUT2D eigenvalue weighted by Crippen LogP contribution is 2.29. The van der Waals surface area contributed by atoms with Gasteiger partial charge in [0.2, 0.25) is 0 Å². The largest absolute Gasteiger partial charge is 0.416 e. The van der Waals surface area contributed by atoms with Crippen LogP contribution in [0.3, 0.4) is 0 Å². The summed E-state index contributed by atoms with van der Waals surface area (Å²) in [5.41, 5.74) is 3.65. The Hall–Kier alpha value is -1.82. The lowest BCUT2D eigenvalue weighted by atomic mass is 10.2. The molecule has 0 bridgehead atoms. The number of hydrogen-bond acceptors (Lipinski definition) is 3. The zero-order valence-electron chi connectivity index (χ0n) is 10.0. The number of benzene rings is 1. The van der Waals surface area contributed by atoms with Crippen molar-refractivity contribution in [2.45, 2.75) is 13.1 Å². The average Bonchev–Trinajstić information content (AvgIpc) is 2.75. The molecular formula is C13H11F3N2S. The van der Waals surface area contributed by atoms with Gasteiger partial charge in [0.25, 0.3) is 0 Å². The maximum absolute atomic E-state index is 12.4. The van der Waals surface area contributed by atoms with Crippen LogP contribution in [-0.2, 0) is 6.18 Å². The first-order valence-corrected chi connectivity index (χ1v) is 6.35. The van der Waals surface area contributed by atoms with Crippen LogP contribution in [0.1, 0.15) is 16.0 Å². The highest BCUT2D eigenvalue weighted by molar-refractivity contribution is 7.11. The van der Waals surface area contributed by atoms with Gasteiger partial charge in [-0.05, 0) is 48.2 Å². The second-order valence-corrected chi connectivity index (χ2v) is 4.86. The Morgan fingerprint density at radius 1 is 1.16 bits per heavy atom. The van der Waals surface area contributed by atoms with Crippen molar-refractivity contribution in [2.24, 2.45) is 5.10 Å². The molecule has 0 aliphatic carbocycles. The maximum atomic E-state index is 12.4. The van der Waals surface area contributed by atoms with Crippen molar-refractivity contribution in [3.8, 4) is 0 Å². The lowest BCUT2D eigenvalue weighted by Crippen LogP contribution is -2.04. The summed E-state index contributed by atoms with van der Waals surface area (Å²) in [6.07, 6.45) is -2.66. The van der Waals surface area contributed by atoms with Crippen molar-refractivity contribution in [3.63, 3.8) is 0 Å². The Morgan fingerprint density at radius 3 is 2.37 bits per heavy atom. The molecule has 0 radical (unpaired) electrons. The SMILES string of the molecule is Cc1ccsc1C=NNc1ccc(C(F)(F)F)cc1. The number of nitrogens with zero attached hydrogens (tertiary/aromatic N) is 1. The summed E-state index contributed by atoms with van der Waals surface area (Å²) in [7, 11) is 0. The number of aryl methyl sites for hydroxylation is 1. The lowest BCUT2D eigenvalue weighted by Gasteiger charge is -2.06. The van der Waals surface area contributed by atoms with Crippen LogP contribution in [0.25, 0.3) is 0 Å². The van der Waals surface area contributed by atoms with E-state index in [1.54, 1.807) is 17.6 Å². The van der Waals surface area contributed by atoms with Crippen LogP contribution in [0, 0.1) is 6.92 Å². The molecule has 0 unspecified atom stereocenters. The molecule has 2 aromatic rings. The molecule has 2 nitrogen and oxygen atoms in total. The molecule has 2 rings (SSSR count). The summed E-state index contributed by atoms with van der Waals surface area (Å²) in [6, 6.07) is 6.72. The van der Waals surface area contributed by atoms with E-state index in [1.807, 2.05) is 18.4 Å². The van der Waals surface area contributed by atoms with Gasteiger partial charge in [0.15, 0.2) is 0 Å². The Bertz CT molecular complexity index is 570. The number of hydrazone groups is 1. The van der Waals surface area contributed by atoms with Gasteiger partial charge < -0.3 is 0 Å². The van der Waals surface area contributed by atoms with Crippen LogP contribution in [-0.4, -0.2) is 6.21 Å². The standard InChI is InChI=1S/C13H11F3N2S/c1-9-6-7-19-12(9)8-17-18-11-4-2-10(3-5-11)13(14,15)16/h2-8,18H,1H3. The molecule has 0 fully saturated rings. The van der Waals surface area contributed by atoms with Crippen molar-refractivity contribution in [3.05, 3.63) is 51.7 Å². The third kappa shape index (κ3) is 3.57. The van der Waals surface area contributed by atoms with E-state index >= 15 is 0 Å². The summed E-state index contributed by atoms with van der Waals surface area (Å²) in [6.45, 7) is 1.97. The highest BCUT2D eigenvalue weighted by atomic mass is 32.1. The normalized spacial score (nSPS) is 12.0. The monoisotopic (exact) mass is 284 g/mol. The fourth-order valence-electron chi connectivity index (χ4n) is 1.42. The zero-order chi connectivity index (χ0) is 13.9. The molecule has 100 valence electrons. The minimum absolute atomic E-state index is 0.512. The molecule has 0 aliphatic heterocycles. The van der Waals surface area contributed by atoms with Crippen molar-refractivity contribution in [1.29, 1.82) is 0 Å². The number of hydrogen-bond donors (Lipinski definition) is 1. The summed E-state index contributed by atoms with van der Waals surface area (Å²) in [5, 5.41) is 5.94. The Labute approximate surface area is 112 Å². The summed E-state index contributed by atoms with van der Waals surface area (Å²) < 4.78 is 37.1. The van der Waals surface area contributed by atoms with E-state index in [2.05, 4.69) is 10.5 Å². The van der Waals surface area contributed by atoms with Crippen LogP contribution in [0.4, 0.5) is 18.9 Å². The first-order valence-electron chi connectivity index (χ1n) is 5.47. The van der Waals surface area contributed by atoms with E-state index in [-0.39, 0.29) is 0 Å². The maximum Gasteiger partial charge on any atom is 0.416 e. The molecule has 0 amide bonds. The van der Waals surface area contributed by atoms with Gasteiger partial charge in [-0.2, -0.15) is 18.3 Å². The number of halogens is 3. The average molecular weight is 284 g/mol.